The third-order valence-electron chi connectivity index (χ3n) is 2.59. The van der Waals surface area contributed by atoms with Gasteiger partial charge < -0.3 is 0 Å². The molecule has 0 fully saturated rings. The van der Waals surface area contributed by atoms with Crippen LogP contribution in [0, 0.1) is 29.1 Å². The lowest BCUT2D eigenvalue weighted by molar-refractivity contribution is -0.125. The Bertz CT molecular complexity index is 211. The number of ketones is 1. The van der Waals surface area contributed by atoms with Crippen LogP contribution in [-0.2, 0) is 4.79 Å². The third-order valence-corrected chi connectivity index (χ3v) is 2.59. The Hall–Kier alpha value is -0.840. The van der Waals surface area contributed by atoms with Gasteiger partial charge >= 0.3 is 0 Å². The Balaban J connectivity index is 4.38. The standard InChI is InChI=1S/C12H21NO/c1-5-10(6-2)12(14)11(8-13)7-9(3)4/h9-11H,5-7H2,1-4H3. The summed E-state index contributed by atoms with van der Waals surface area (Å²) in [6, 6.07) is 2.13. The third kappa shape index (κ3) is 3.91. The second-order valence-electron chi connectivity index (χ2n) is 4.23. The second kappa shape index (κ2) is 6.59. The van der Waals surface area contributed by atoms with E-state index in [0.29, 0.717) is 12.3 Å². The summed E-state index contributed by atoms with van der Waals surface area (Å²) < 4.78 is 0. The van der Waals surface area contributed by atoms with Gasteiger partial charge in [-0.15, -0.1) is 0 Å². The van der Waals surface area contributed by atoms with Crippen LogP contribution < -0.4 is 0 Å². The molecule has 0 aliphatic rings. The molecule has 0 radical (unpaired) electrons. The molecular weight excluding hydrogens is 174 g/mol. The molecule has 14 heavy (non-hydrogen) atoms. The number of carbonyl (C=O) groups is 1. The average Bonchev–Trinajstić information content (AvgIpc) is 2.15. The zero-order chi connectivity index (χ0) is 11.1. The molecular formula is C12H21NO. The van der Waals surface area contributed by atoms with Crippen LogP contribution in [0.2, 0.25) is 0 Å². The van der Waals surface area contributed by atoms with Crippen molar-refractivity contribution in [1.82, 2.24) is 0 Å². The maximum Gasteiger partial charge on any atom is 0.153 e. The highest BCUT2D eigenvalue weighted by atomic mass is 16.1. The number of Topliss-reactive ketones (excluding diaryl/α,β-unsaturated/α-hetero) is 1. The fraction of sp³-hybridized carbons (Fsp3) is 0.833. The minimum atomic E-state index is -0.389. The van der Waals surface area contributed by atoms with Crippen LogP contribution >= 0.6 is 0 Å². The lowest BCUT2D eigenvalue weighted by atomic mass is 9.85. The van der Waals surface area contributed by atoms with Crippen molar-refractivity contribution >= 4 is 5.78 Å². The van der Waals surface area contributed by atoms with Gasteiger partial charge in [-0.2, -0.15) is 5.26 Å². The maximum atomic E-state index is 11.8. The molecule has 0 saturated carbocycles. The van der Waals surface area contributed by atoms with Gasteiger partial charge in [-0.05, 0) is 25.2 Å². The van der Waals surface area contributed by atoms with E-state index in [9.17, 15) is 4.79 Å². The first-order valence-electron chi connectivity index (χ1n) is 5.50. The molecule has 0 N–H and O–H groups in total. The van der Waals surface area contributed by atoms with Gasteiger partial charge in [0.15, 0.2) is 5.78 Å². The van der Waals surface area contributed by atoms with Crippen LogP contribution in [-0.4, -0.2) is 5.78 Å². The quantitative estimate of drug-likeness (QED) is 0.653. The van der Waals surface area contributed by atoms with E-state index in [-0.39, 0.29) is 17.6 Å². The fourth-order valence-electron chi connectivity index (χ4n) is 1.68. The number of nitriles is 1. The molecule has 0 aromatic heterocycles. The molecule has 0 bridgehead atoms. The Morgan fingerprint density at radius 2 is 1.79 bits per heavy atom. The Labute approximate surface area is 87.3 Å². The largest absolute Gasteiger partial charge is 0.298 e. The van der Waals surface area contributed by atoms with Crippen molar-refractivity contribution in [3.05, 3.63) is 0 Å². The summed E-state index contributed by atoms with van der Waals surface area (Å²) in [6.07, 6.45) is 2.41. The summed E-state index contributed by atoms with van der Waals surface area (Å²) in [4.78, 5) is 11.8. The van der Waals surface area contributed by atoms with Crippen molar-refractivity contribution in [3.63, 3.8) is 0 Å². The monoisotopic (exact) mass is 195 g/mol. The van der Waals surface area contributed by atoms with Gasteiger partial charge in [0.2, 0.25) is 0 Å². The molecule has 0 rings (SSSR count). The molecule has 0 heterocycles. The Morgan fingerprint density at radius 3 is 2.07 bits per heavy atom. The average molecular weight is 195 g/mol. The van der Waals surface area contributed by atoms with Gasteiger partial charge in [-0.3, -0.25) is 4.79 Å². The van der Waals surface area contributed by atoms with Gasteiger partial charge in [0, 0.05) is 5.92 Å². The smallest absolute Gasteiger partial charge is 0.153 e. The van der Waals surface area contributed by atoms with E-state index in [0.717, 1.165) is 12.8 Å². The molecule has 0 saturated heterocycles. The van der Waals surface area contributed by atoms with Crippen molar-refractivity contribution in [1.29, 1.82) is 5.26 Å². The number of hydrogen-bond acceptors (Lipinski definition) is 2. The zero-order valence-electron chi connectivity index (χ0n) is 9.71. The van der Waals surface area contributed by atoms with Crippen LogP contribution in [0.5, 0.6) is 0 Å². The fourth-order valence-corrected chi connectivity index (χ4v) is 1.68. The Kier molecular flexibility index (Phi) is 6.19. The highest BCUT2D eigenvalue weighted by molar-refractivity contribution is 5.85. The maximum absolute atomic E-state index is 11.8. The Morgan fingerprint density at radius 1 is 1.29 bits per heavy atom. The van der Waals surface area contributed by atoms with Gasteiger partial charge in [0.1, 0.15) is 5.92 Å². The highest BCUT2D eigenvalue weighted by Gasteiger charge is 2.24. The normalized spacial score (nSPS) is 12.9. The number of carbonyl (C=O) groups excluding carboxylic acids is 1. The van der Waals surface area contributed by atoms with Gasteiger partial charge in [0.05, 0.1) is 6.07 Å². The lowest BCUT2D eigenvalue weighted by Crippen LogP contribution is -2.23. The van der Waals surface area contributed by atoms with Crippen LogP contribution in [0.15, 0.2) is 0 Å². The molecule has 2 nitrogen and oxygen atoms in total. The summed E-state index contributed by atoms with van der Waals surface area (Å²) >= 11 is 0. The molecule has 0 aliphatic heterocycles. The second-order valence-corrected chi connectivity index (χ2v) is 4.23. The predicted molar refractivity (Wildman–Crippen MR) is 57.6 cm³/mol. The lowest BCUT2D eigenvalue weighted by Gasteiger charge is -2.16. The molecule has 1 unspecified atom stereocenters. The van der Waals surface area contributed by atoms with Crippen LogP contribution in [0.25, 0.3) is 0 Å². The van der Waals surface area contributed by atoms with Crippen molar-refractivity contribution in [2.45, 2.75) is 47.0 Å². The summed E-state index contributed by atoms with van der Waals surface area (Å²) in [5.74, 6) is 0.252. The molecule has 0 aromatic rings. The van der Waals surface area contributed by atoms with Crippen LogP contribution in [0.4, 0.5) is 0 Å². The summed E-state index contributed by atoms with van der Waals surface area (Å²) in [5.41, 5.74) is 0. The SMILES string of the molecule is CCC(CC)C(=O)C(C#N)CC(C)C. The number of nitrogens with zero attached hydrogens (tertiary/aromatic N) is 1. The minimum absolute atomic E-state index is 0.0819. The van der Waals surface area contributed by atoms with E-state index in [2.05, 4.69) is 6.07 Å². The molecule has 0 spiro atoms. The first kappa shape index (κ1) is 13.2. The van der Waals surface area contributed by atoms with E-state index in [1.807, 2.05) is 27.7 Å². The van der Waals surface area contributed by atoms with E-state index < -0.39 is 0 Å². The molecule has 1 atom stereocenters. The summed E-state index contributed by atoms with van der Waals surface area (Å²) in [5, 5.41) is 8.91. The van der Waals surface area contributed by atoms with E-state index >= 15 is 0 Å². The molecule has 0 aliphatic carbocycles. The summed E-state index contributed by atoms with van der Waals surface area (Å²) in [7, 11) is 0. The van der Waals surface area contributed by atoms with Gasteiger partial charge in [0.25, 0.3) is 0 Å². The summed E-state index contributed by atoms with van der Waals surface area (Å²) in [6.45, 7) is 8.11. The highest BCUT2D eigenvalue weighted by Crippen LogP contribution is 2.20. The van der Waals surface area contributed by atoms with E-state index in [1.54, 1.807) is 0 Å². The minimum Gasteiger partial charge on any atom is -0.298 e. The van der Waals surface area contributed by atoms with Crippen molar-refractivity contribution in [2.75, 3.05) is 0 Å². The number of hydrogen-bond donors (Lipinski definition) is 0. The predicted octanol–water partition coefficient (Wildman–Crippen LogP) is 3.18. The molecule has 0 amide bonds. The van der Waals surface area contributed by atoms with Crippen molar-refractivity contribution < 1.29 is 4.79 Å². The first-order valence-corrected chi connectivity index (χ1v) is 5.50. The van der Waals surface area contributed by atoms with Crippen LogP contribution in [0.3, 0.4) is 0 Å². The van der Waals surface area contributed by atoms with Crippen LogP contribution in [0.1, 0.15) is 47.0 Å². The molecule has 0 aromatic carbocycles. The van der Waals surface area contributed by atoms with E-state index in [4.69, 9.17) is 5.26 Å². The topological polar surface area (TPSA) is 40.9 Å². The zero-order valence-corrected chi connectivity index (χ0v) is 9.71. The van der Waals surface area contributed by atoms with Crippen molar-refractivity contribution in [3.8, 4) is 6.07 Å². The van der Waals surface area contributed by atoms with Gasteiger partial charge in [-0.25, -0.2) is 0 Å². The molecule has 80 valence electrons. The number of rotatable bonds is 6. The van der Waals surface area contributed by atoms with Crippen molar-refractivity contribution in [2.24, 2.45) is 17.8 Å². The first-order chi connectivity index (χ1) is 6.56. The van der Waals surface area contributed by atoms with E-state index in [1.165, 1.54) is 0 Å². The molecule has 2 heteroatoms. The van der Waals surface area contributed by atoms with Gasteiger partial charge in [-0.1, -0.05) is 27.7 Å².